The Hall–Kier alpha value is -2.63. The predicted molar refractivity (Wildman–Crippen MR) is 289 cm³/mol. The molecule has 0 spiro atoms. The fourth-order valence-corrected chi connectivity index (χ4v) is 8.40. The Labute approximate surface area is 416 Å². The molecule has 6 nitrogen and oxygen atoms in total. The van der Waals surface area contributed by atoms with Crippen molar-refractivity contribution in [3.8, 4) is 0 Å². The molecule has 0 rings (SSSR count). The van der Waals surface area contributed by atoms with Crippen LogP contribution in [0, 0.1) is 0 Å². The second-order valence-corrected chi connectivity index (χ2v) is 19.6. The highest BCUT2D eigenvalue weighted by atomic mass is 16.6. The van der Waals surface area contributed by atoms with Crippen molar-refractivity contribution in [2.24, 2.45) is 0 Å². The first-order valence-corrected chi connectivity index (χ1v) is 29.1. The molecular weight excluding hydrogens is 829 g/mol. The van der Waals surface area contributed by atoms with Gasteiger partial charge in [-0.3, -0.25) is 14.4 Å². The normalized spacial score (nSPS) is 12.3. The van der Waals surface area contributed by atoms with Gasteiger partial charge in [0.1, 0.15) is 13.2 Å². The first kappa shape index (κ1) is 64.4. The molecule has 0 aromatic heterocycles. The summed E-state index contributed by atoms with van der Waals surface area (Å²) in [6, 6.07) is 0. The molecule has 0 aliphatic carbocycles. The van der Waals surface area contributed by atoms with E-state index in [0.29, 0.717) is 19.3 Å². The Bertz CT molecular complexity index is 1170. The second kappa shape index (κ2) is 56.0. The van der Waals surface area contributed by atoms with E-state index in [4.69, 9.17) is 14.2 Å². The topological polar surface area (TPSA) is 78.9 Å². The van der Waals surface area contributed by atoms with E-state index in [2.05, 4.69) is 69.4 Å². The molecule has 390 valence electrons. The summed E-state index contributed by atoms with van der Waals surface area (Å²) in [6.07, 6.45) is 68.2. The monoisotopic (exact) mass is 939 g/mol. The van der Waals surface area contributed by atoms with Crippen LogP contribution in [-0.2, 0) is 28.6 Å². The molecule has 0 aliphatic heterocycles. The van der Waals surface area contributed by atoms with Gasteiger partial charge in [0.15, 0.2) is 6.10 Å². The molecule has 0 aliphatic rings. The van der Waals surface area contributed by atoms with E-state index in [9.17, 15) is 14.4 Å². The first-order valence-electron chi connectivity index (χ1n) is 29.1. The highest BCUT2D eigenvalue weighted by Gasteiger charge is 2.19. The van der Waals surface area contributed by atoms with Gasteiger partial charge in [-0.2, -0.15) is 0 Å². The van der Waals surface area contributed by atoms with Crippen LogP contribution in [0.15, 0.2) is 48.6 Å². The molecule has 0 saturated heterocycles. The summed E-state index contributed by atoms with van der Waals surface area (Å²) in [6.45, 7) is 6.62. The van der Waals surface area contributed by atoms with Crippen LogP contribution in [0.1, 0.15) is 303 Å². The quantitative estimate of drug-likeness (QED) is 0.0262. The average molecular weight is 940 g/mol. The molecule has 0 saturated carbocycles. The van der Waals surface area contributed by atoms with Gasteiger partial charge in [0.25, 0.3) is 0 Å². The van der Waals surface area contributed by atoms with Gasteiger partial charge in [0.05, 0.1) is 0 Å². The van der Waals surface area contributed by atoms with Crippen LogP contribution in [0.25, 0.3) is 0 Å². The van der Waals surface area contributed by atoms with E-state index in [1.807, 2.05) is 0 Å². The van der Waals surface area contributed by atoms with Crippen molar-refractivity contribution < 1.29 is 28.6 Å². The van der Waals surface area contributed by atoms with Crippen LogP contribution < -0.4 is 0 Å². The van der Waals surface area contributed by atoms with E-state index in [1.165, 1.54) is 199 Å². The Morgan fingerprint density at radius 2 is 0.552 bits per heavy atom. The lowest BCUT2D eigenvalue weighted by atomic mass is 10.0. The van der Waals surface area contributed by atoms with Gasteiger partial charge in [-0.05, 0) is 77.0 Å². The number of esters is 3. The van der Waals surface area contributed by atoms with E-state index in [1.54, 1.807) is 0 Å². The van der Waals surface area contributed by atoms with Gasteiger partial charge in [-0.15, -0.1) is 0 Å². The highest BCUT2D eigenvalue weighted by Crippen LogP contribution is 2.16. The van der Waals surface area contributed by atoms with Crippen LogP contribution >= 0.6 is 0 Å². The first-order chi connectivity index (χ1) is 33.0. The number of rotatable bonds is 53. The molecule has 0 bridgehead atoms. The summed E-state index contributed by atoms with van der Waals surface area (Å²) >= 11 is 0. The summed E-state index contributed by atoms with van der Waals surface area (Å²) in [5.41, 5.74) is 0. The number of hydrogen-bond acceptors (Lipinski definition) is 6. The lowest BCUT2D eigenvalue weighted by molar-refractivity contribution is -0.167. The van der Waals surface area contributed by atoms with Crippen LogP contribution in [-0.4, -0.2) is 37.2 Å². The summed E-state index contributed by atoms with van der Waals surface area (Å²) < 4.78 is 16.8. The lowest BCUT2D eigenvalue weighted by Crippen LogP contribution is -2.30. The molecule has 0 N–H and O–H groups in total. The second-order valence-electron chi connectivity index (χ2n) is 19.6. The number of ether oxygens (including phenoxy) is 3. The van der Waals surface area contributed by atoms with E-state index < -0.39 is 6.10 Å². The van der Waals surface area contributed by atoms with E-state index in [-0.39, 0.29) is 37.5 Å². The van der Waals surface area contributed by atoms with E-state index in [0.717, 1.165) is 57.8 Å². The molecule has 6 heteroatoms. The van der Waals surface area contributed by atoms with Crippen molar-refractivity contribution in [2.75, 3.05) is 13.2 Å². The number of allylic oxidation sites excluding steroid dienone is 8. The Morgan fingerprint density at radius 3 is 0.896 bits per heavy atom. The molecule has 0 fully saturated rings. The van der Waals surface area contributed by atoms with Crippen molar-refractivity contribution in [3.63, 3.8) is 0 Å². The molecule has 0 aromatic carbocycles. The minimum Gasteiger partial charge on any atom is -0.462 e. The molecule has 0 radical (unpaired) electrons. The third-order valence-electron chi connectivity index (χ3n) is 12.8. The summed E-state index contributed by atoms with van der Waals surface area (Å²) in [5.74, 6) is -0.931. The Kier molecular flexibility index (Phi) is 53.8. The van der Waals surface area contributed by atoms with Gasteiger partial charge in [-0.25, -0.2) is 0 Å². The molecule has 0 aromatic rings. The fraction of sp³-hybridized carbons (Fsp3) is 0.820. The maximum absolute atomic E-state index is 12.8. The maximum atomic E-state index is 12.8. The molecule has 67 heavy (non-hydrogen) atoms. The standard InChI is InChI=1S/C61H110O6/c1-4-7-10-13-16-19-22-25-27-29-30-32-33-36-39-42-45-48-51-54-60(63)66-57-58(56-65-59(62)53-50-47-44-41-38-35-24-21-18-15-12-9-6-3)67-61(64)55-52-49-46-43-40-37-34-31-28-26-23-20-17-14-11-8-5-2/h25-28,34,37,43,46,58H,4-24,29-33,35-36,38-42,44-45,47-57H2,1-3H3/b27-25-,28-26-,37-34-,46-43-/t58-/m0/s1. The van der Waals surface area contributed by atoms with Crippen molar-refractivity contribution in [1.29, 1.82) is 0 Å². The summed E-state index contributed by atoms with van der Waals surface area (Å²) in [4.78, 5) is 38.1. The zero-order chi connectivity index (χ0) is 48.6. The van der Waals surface area contributed by atoms with Crippen LogP contribution in [0.2, 0.25) is 0 Å². The van der Waals surface area contributed by atoms with Crippen molar-refractivity contribution in [2.45, 2.75) is 309 Å². The zero-order valence-corrected chi connectivity index (χ0v) is 44.7. The number of carbonyl (C=O) groups excluding carboxylic acids is 3. The third kappa shape index (κ3) is 54.2. The molecule has 0 amide bonds. The summed E-state index contributed by atoms with van der Waals surface area (Å²) in [5, 5.41) is 0. The summed E-state index contributed by atoms with van der Waals surface area (Å²) in [7, 11) is 0. The van der Waals surface area contributed by atoms with Crippen molar-refractivity contribution >= 4 is 17.9 Å². The molecule has 0 unspecified atom stereocenters. The van der Waals surface area contributed by atoms with Crippen molar-refractivity contribution in [3.05, 3.63) is 48.6 Å². The number of unbranched alkanes of at least 4 members (excludes halogenated alkanes) is 34. The zero-order valence-electron chi connectivity index (χ0n) is 44.7. The van der Waals surface area contributed by atoms with Gasteiger partial charge in [0.2, 0.25) is 0 Å². The number of hydrogen-bond donors (Lipinski definition) is 0. The van der Waals surface area contributed by atoms with Crippen molar-refractivity contribution in [1.82, 2.24) is 0 Å². The van der Waals surface area contributed by atoms with Crippen LogP contribution in [0.5, 0.6) is 0 Å². The Morgan fingerprint density at radius 1 is 0.299 bits per heavy atom. The Balaban J connectivity index is 4.40. The molecule has 0 heterocycles. The van der Waals surface area contributed by atoms with Crippen LogP contribution in [0.3, 0.4) is 0 Å². The number of carbonyl (C=O) groups is 3. The smallest absolute Gasteiger partial charge is 0.306 e. The van der Waals surface area contributed by atoms with Gasteiger partial charge >= 0.3 is 17.9 Å². The van der Waals surface area contributed by atoms with Gasteiger partial charge < -0.3 is 14.2 Å². The van der Waals surface area contributed by atoms with Gasteiger partial charge in [0, 0.05) is 19.3 Å². The predicted octanol–water partition coefficient (Wildman–Crippen LogP) is 19.4. The SMILES string of the molecule is CCCCCCCC/C=C\C/C=C\C/C=C\CCCC(=O)O[C@H](COC(=O)CCCCCCCCCCC/C=C\CCCCCCCC)COC(=O)CCCCCCCCCCCCCCC. The third-order valence-corrected chi connectivity index (χ3v) is 12.8. The minimum absolute atomic E-state index is 0.0905. The largest absolute Gasteiger partial charge is 0.462 e. The minimum atomic E-state index is -0.798. The van der Waals surface area contributed by atoms with Crippen LogP contribution in [0.4, 0.5) is 0 Å². The van der Waals surface area contributed by atoms with E-state index >= 15 is 0 Å². The fourth-order valence-electron chi connectivity index (χ4n) is 8.40. The average Bonchev–Trinajstić information content (AvgIpc) is 3.33. The molecule has 1 atom stereocenters. The molecular formula is C61H110O6. The van der Waals surface area contributed by atoms with Gasteiger partial charge in [-0.1, -0.05) is 256 Å². The maximum Gasteiger partial charge on any atom is 0.306 e. The highest BCUT2D eigenvalue weighted by molar-refractivity contribution is 5.71. The lowest BCUT2D eigenvalue weighted by Gasteiger charge is -2.18.